The minimum atomic E-state index is -0.296. The molecule has 5 rings (SSSR count). The van der Waals surface area contributed by atoms with Crippen LogP contribution in [0.15, 0.2) is 48.5 Å². The van der Waals surface area contributed by atoms with E-state index in [0.29, 0.717) is 18.1 Å². The van der Waals surface area contributed by atoms with Crippen LogP contribution >= 0.6 is 22.7 Å². The highest BCUT2D eigenvalue weighted by Gasteiger charge is 2.29. The minimum absolute atomic E-state index is 0.266. The smallest absolute Gasteiger partial charge is 0.282 e. The zero-order valence-corrected chi connectivity index (χ0v) is 18.3. The second-order valence-corrected chi connectivity index (χ2v) is 9.58. The molecule has 2 aromatic carbocycles. The number of carbonyl (C=O) groups excluding carboxylic acids is 1. The average molecular weight is 454 g/mol. The number of carbonyl (C=O) groups is 1. The molecule has 1 saturated heterocycles. The summed E-state index contributed by atoms with van der Waals surface area (Å²) in [5, 5.41) is 13.4. The molecule has 1 atom stereocenters. The molecular formula is C22H20FN5OS2. The number of fused-ring (bicyclic) bond motifs is 1. The molecular weight excluding hydrogens is 433 g/mol. The molecule has 1 N–H and O–H groups in total. The SMILES string of the molecule is O=C(NCc1ccc(F)cc1)c1nnc(CN2CCC[C@@H]2c2nc3ccccc3s2)s1. The first-order chi connectivity index (χ1) is 15.2. The first-order valence-corrected chi connectivity index (χ1v) is 11.7. The van der Waals surface area contributed by atoms with Crippen molar-refractivity contribution in [2.75, 3.05) is 6.54 Å². The number of rotatable bonds is 6. The van der Waals surface area contributed by atoms with Gasteiger partial charge in [0, 0.05) is 6.54 Å². The van der Waals surface area contributed by atoms with E-state index in [1.54, 1.807) is 23.5 Å². The van der Waals surface area contributed by atoms with E-state index in [1.165, 1.54) is 28.2 Å². The highest BCUT2D eigenvalue weighted by molar-refractivity contribution is 7.18. The van der Waals surface area contributed by atoms with Crippen LogP contribution in [0.25, 0.3) is 10.2 Å². The van der Waals surface area contributed by atoms with Gasteiger partial charge in [-0.15, -0.1) is 21.5 Å². The Kier molecular flexibility index (Phi) is 5.71. The van der Waals surface area contributed by atoms with Gasteiger partial charge in [-0.05, 0) is 49.2 Å². The van der Waals surface area contributed by atoms with Crippen molar-refractivity contribution in [2.24, 2.45) is 0 Å². The number of hydrogen-bond donors (Lipinski definition) is 1. The van der Waals surface area contributed by atoms with Crippen LogP contribution in [0.2, 0.25) is 0 Å². The molecule has 9 heteroatoms. The molecule has 0 bridgehead atoms. The van der Waals surface area contributed by atoms with Crippen LogP contribution < -0.4 is 5.32 Å². The summed E-state index contributed by atoms with van der Waals surface area (Å²) in [6.45, 7) is 1.95. The van der Waals surface area contributed by atoms with Crippen LogP contribution in [0.3, 0.4) is 0 Å². The predicted molar refractivity (Wildman–Crippen MR) is 119 cm³/mol. The molecule has 4 aromatic rings. The van der Waals surface area contributed by atoms with Gasteiger partial charge in [-0.25, -0.2) is 9.37 Å². The Balaban J connectivity index is 1.23. The van der Waals surface area contributed by atoms with Gasteiger partial charge in [-0.2, -0.15) is 0 Å². The van der Waals surface area contributed by atoms with E-state index in [2.05, 4.69) is 32.5 Å². The van der Waals surface area contributed by atoms with Gasteiger partial charge in [0.25, 0.3) is 5.91 Å². The summed E-state index contributed by atoms with van der Waals surface area (Å²) in [4.78, 5) is 19.6. The monoisotopic (exact) mass is 453 g/mol. The topological polar surface area (TPSA) is 71.0 Å². The number of aromatic nitrogens is 3. The van der Waals surface area contributed by atoms with Crippen LogP contribution in [0.5, 0.6) is 0 Å². The molecule has 2 aromatic heterocycles. The van der Waals surface area contributed by atoms with Gasteiger partial charge in [0.2, 0.25) is 5.01 Å². The van der Waals surface area contributed by atoms with E-state index in [-0.39, 0.29) is 17.8 Å². The minimum Gasteiger partial charge on any atom is -0.346 e. The van der Waals surface area contributed by atoms with E-state index >= 15 is 0 Å². The quantitative estimate of drug-likeness (QED) is 0.464. The Morgan fingerprint density at radius 2 is 1.97 bits per heavy atom. The number of nitrogens with zero attached hydrogens (tertiary/aromatic N) is 4. The van der Waals surface area contributed by atoms with Gasteiger partial charge in [-0.3, -0.25) is 9.69 Å². The number of thiazole rings is 1. The standard InChI is InChI=1S/C22H20FN5OS2/c23-15-9-7-14(8-10-15)12-24-20(29)22-27-26-19(31-22)13-28-11-3-5-17(28)21-25-16-4-1-2-6-18(16)30-21/h1-2,4,6-10,17H,3,5,11-13H2,(H,24,29)/t17-/m1/s1. The van der Waals surface area contributed by atoms with Crippen molar-refractivity contribution in [3.63, 3.8) is 0 Å². The second kappa shape index (κ2) is 8.78. The van der Waals surface area contributed by atoms with Crippen molar-refractivity contribution in [2.45, 2.75) is 32.0 Å². The summed E-state index contributed by atoms with van der Waals surface area (Å²) in [6.07, 6.45) is 2.19. The highest BCUT2D eigenvalue weighted by Crippen LogP contribution is 2.37. The average Bonchev–Trinajstić information content (AvgIpc) is 3.52. The van der Waals surface area contributed by atoms with Gasteiger partial charge in [0.1, 0.15) is 15.8 Å². The fourth-order valence-electron chi connectivity index (χ4n) is 3.77. The van der Waals surface area contributed by atoms with Crippen LogP contribution in [0, 0.1) is 5.82 Å². The van der Waals surface area contributed by atoms with Crippen LogP contribution in [-0.4, -0.2) is 32.5 Å². The first kappa shape index (κ1) is 20.2. The Labute approximate surface area is 186 Å². The van der Waals surface area contributed by atoms with Crippen LogP contribution in [-0.2, 0) is 13.1 Å². The van der Waals surface area contributed by atoms with Crippen LogP contribution in [0.4, 0.5) is 4.39 Å². The normalized spacial score (nSPS) is 16.7. The van der Waals surface area contributed by atoms with Crippen molar-refractivity contribution < 1.29 is 9.18 Å². The van der Waals surface area contributed by atoms with Crippen molar-refractivity contribution in [1.82, 2.24) is 25.4 Å². The zero-order valence-electron chi connectivity index (χ0n) is 16.6. The lowest BCUT2D eigenvalue weighted by atomic mass is 10.2. The van der Waals surface area contributed by atoms with Gasteiger partial charge in [0.05, 0.1) is 22.8 Å². The second-order valence-electron chi connectivity index (χ2n) is 7.46. The third kappa shape index (κ3) is 4.48. The number of nitrogens with one attached hydrogen (secondary N) is 1. The largest absolute Gasteiger partial charge is 0.346 e. The van der Waals surface area contributed by atoms with Gasteiger partial charge in [-0.1, -0.05) is 35.6 Å². The molecule has 31 heavy (non-hydrogen) atoms. The summed E-state index contributed by atoms with van der Waals surface area (Å²) >= 11 is 3.07. The van der Waals surface area contributed by atoms with Crippen LogP contribution in [0.1, 0.15) is 44.3 Å². The Bertz CT molecular complexity index is 1170. The molecule has 1 fully saturated rings. The van der Waals surface area contributed by atoms with Crippen molar-refractivity contribution in [1.29, 1.82) is 0 Å². The number of halogens is 1. The summed E-state index contributed by atoms with van der Waals surface area (Å²) in [7, 11) is 0. The predicted octanol–water partition coefficient (Wildman–Crippen LogP) is 4.55. The Hall–Kier alpha value is -2.75. The molecule has 0 saturated carbocycles. The summed E-state index contributed by atoms with van der Waals surface area (Å²) in [5.74, 6) is -0.563. The molecule has 1 amide bonds. The van der Waals surface area contributed by atoms with Gasteiger partial charge >= 0.3 is 0 Å². The van der Waals surface area contributed by atoms with E-state index in [9.17, 15) is 9.18 Å². The number of likely N-dealkylation sites (tertiary alicyclic amines) is 1. The Morgan fingerprint density at radius 1 is 1.13 bits per heavy atom. The zero-order chi connectivity index (χ0) is 21.2. The number of benzene rings is 2. The maximum absolute atomic E-state index is 13.0. The maximum atomic E-state index is 13.0. The number of para-hydroxylation sites is 1. The molecule has 0 radical (unpaired) electrons. The third-order valence-corrected chi connectivity index (χ3v) is 7.37. The lowest BCUT2D eigenvalue weighted by Crippen LogP contribution is -2.22. The van der Waals surface area contributed by atoms with E-state index < -0.39 is 0 Å². The van der Waals surface area contributed by atoms with Gasteiger partial charge in [0.15, 0.2) is 0 Å². The Morgan fingerprint density at radius 3 is 2.81 bits per heavy atom. The molecule has 158 valence electrons. The molecule has 1 aliphatic heterocycles. The fourth-order valence-corrected chi connectivity index (χ4v) is 5.69. The van der Waals surface area contributed by atoms with Crippen molar-refractivity contribution in [3.05, 3.63) is 74.9 Å². The van der Waals surface area contributed by atoms with E-state index in [0.717, 1.165) is 40.5 Å². The number of amides is 1. The molecule has 0 spiro atoms. The fraction of sp³-hybridized carbons (Fsp3) is 0.273. The lowest BCUT2D eigenvalue weighted by Gasteiger charge is -2.21. The lowest BCUT2D eigenvalue weighted by molar-refractivity contribution is 0.0950. The summed E-state index contributed by atoms with van der Waals surface area (Å²) in [5.41, 5.74) is 1.88. The third-order valence-electron chi connectivity index (χ3n) is 5.32. The molecule has 3 heterocycles. The first-order valence-electron chi connectivity index (χ1n) is 10.1. The summed E-state index contributed by atoms with van der Waals surface area (Å²) < 4.78 is 14.2. The van der Waals surface area contributed by atoms with E-state index in [4.69, 9.17) is 4.98 Å². The molecule has 1 aliphatic rings. The highest BCUT2D eigenvalue weighted by atomic mass is 32.1. The van der Waals surface area contributed by atoms with Crippen molar-refractivity contribution in [3.8, 4) is 0 Å². The van der Waals surface area contributed by atoms with E-state index in [1.807, 2.05) is 12.1 Å². The molecule has 0 unspecified atom stereocenters. The molecule has 0 aliphatic carbocycles. The maximum Gasteiger partial charge on any atom is 0.282 e. The molecule has 6 nitrogen and oxygen atoms in total. The summed E-state index contributed by atoms with van der Waals surface area (Å²) in [6, 6.07) is 14.5. The number of hydrogen-bond acceptors (Lipinski definition) is 7. The van der Waals surface area contributed by atoms with Crippen molar-refractivity contribution >= 4 is 38.8 Å². The van der Waals surface area contributed by atoms with Gasteiger partial charge < -0.3 is 5.32 Å².